The summed E-state index contributed by atoms with van der Waals surface area (Å²) in [6.45, 7) is 1.59. The van der Waals surface area contributed by atoms with Gasteiger partial charge in [-0.05, 0) is 38.2 Å². The molecule has 0 saturated heterocycles. The van der Waals surface area contributed by atoms with E-state index in [1.807, 2.05) is 6.08 Å². The van der Waals surface area contributed by atoms with Crippen molar-refractivity contribution in [2.24, 2.45) is 0 Å². The maximum Gasteiger partial charge on any atom is 0.158 e. The lowest BCUT2D eigenvalue weighted by Crippen LogP contribution is -2.07. The number of ketones is 2. The van der Waals surface area contributed by atoms with Crippen LogP contribution in [0.1, 0.15) is 45.4 Å². The van der Waals surface area contributed by atoms with Gasteiger partial charge in [-0.15, -0.1) is 0 Å². The minimum atomic E-state index is 0.212. The van der Waals surface area contributed by atoms with Crippen molar-refractivity contribution >= 4 is 11.6 Å². The van der Waals surface area contributed by atoms with Crippen LogP contribution in [0.25, 0.3) is 0 Å². The Hall–Kier alpha value is -0.920. The quantitative estimate of drug-likeness (QED) is 0.665. The van der Waals surface area contributed by atoms with Crippen LogP contribution >= 0.6 is 0 Å². The molecule has 0 bridgehead atoms. The van der Waals surface area contributed by atoms with E-state index in [0.717, 1.165) is 31.3 Å². The van der Waals surface area contributed by atoms with Crippen molar-refractivity contribution in [3.05, 3.63) is 11.6 Å². The third kappa shape index (κ3) is 3.53. The number of Topliss-reactive ketones (excluding diaryl/α,β-unsaturated/α-hetero) is 2. The lowest BCUT2D eigenvalue weighted by Gasteiger charge is -2.10. The first kappa shape index (κ1) is 10.2. The highest BCUT2D eigenvalue weighted by Crippen LogP contribution is 2.18. The van der Waals surface area contributed by atoms with Crippen LogP contribution in [0.4, 0.5) is 0 Å². The number of allylic oxidation sites excluding steroid dienone is 2. The highest BCUT2D eigenvalue weighted by atomic mass is 16.1. The van der Waals surface area contributed by atoms with Gasteiger partial charge < -0.3 is 4.79 Å². The maximum absolute atomic E-state index is 11.3. The van der Waals surface area contributed by atoms with Gasteiger partial charge in [0.05, 0.1) is 0 Å². The largest absolute Gasteiger partial charge is 0.300 e. The normalized spacial score (nSPS) is 17.0. The van der Waals surface area contributed by atoms with Gasteiger partial charge in [0.2, 0.25) is 0 Å². The standard InChI is InChI=1S/C11H16O2/c1-9(12)5-4-7-10-6-2-3-8-11(10)13/h6H,2-5,7-8H2,1H3. The van der Waals surface area contributed by atoms with Crippen LogP contribution in [-0.4, -0.2) is 11.6 Å². The second-order valence-electron chi connectivity index (χ2n) is 3.60. The molecule has 1 aliphatic rings. The zero-order valence-corrected chi connectivity index (χ0v) is 8.14. The van der Waals surface area contributed by atoms with Gasteiger partial charge in [0, 0.05) is 12.8 Å². The Balaban J connectivity index is 2.31. The second kappa shape index (κ2) is 4.95. The molecule has 0 aromatic heterocycles. The van der Waals surface area contributed by atoms with Gasteiger partial charge in [-0.1, -0.05) is 6.08 Å². The zero-order chi connectivity index (χ0) is 9.68. The summed E-state index contributed by atoms with van der Waals surface area (Å²) in [5.41, 5.74) is 0.951. The van der Waals surface area contributed by atoms with Crippen molar-refractivity contribution in [1.29, 1.82) is 0 Å². The summed E-state index contributed by atoms with van der Waals surface area (Å²) in [4.78, 5) is 22.0. The predicted octanol–water partition coefficient (Wildman–Crippen LogP) is 2.43. The van der Waals surface area contributed by atoms with Gasteiger partial charge in [-0.3, -0.25) is 4.79 Å². The number of hydrogen-bond donors (Lipinski definition) is 0. The first-order valence-corrected chi connectivity index (χ1v) is 4.92. The van der Waals surface area contributed by atoms with Crippen molar-refractivity contribution in [3.8, 4) is 0 Å². The van der Waals surface area contributed by atoms with E-state index in [4.69, 9.17) is 0 Å². The lowest BCUT2D eigenvalue weighted by atomic mass is 9.94. The lowest BCUT2D eigenvalue weighted by molar-refractivity contribution is -0.118. The molecule has 2 nitrogen and oxygen atoms in total. The smallest absolute Gasteiger partial charge is 0.158 e. The predicted molar refractivity (Wildman–Crippen MR) is 51.5 cm³/mol. The van der Waals surface area contributed by atoms with E-state index in [2.05, 4.69) is 0 Å². The number of carbonyl (C=O) groups excluding carboxylic acids is 2. The molecule has 0 unspecified atom stereocenters. The topological polar surface area (TPSA) is 34.1 Å². The van der Waals surface area contributed by atoms with E-state index >= 15 is 0 Å². The maximum atomic E-state index is 11.3. The van der Waals surface area contributed by atoms with E-state index in [1.54, 1.807) is 6.92 Å². The third-order valence-electron chi connectivity index (χ3n) is 2.33. The van der Waals surface area contributed by atoms with Crippen molar-refractivity contribution in [1.82, 2.24) is 0 Å². The van der Waals surface area contributed by atoms with Gasteiger partial charge in [0.1, 0.15) is 5.78 Å². The summed E-state index contributed by atoms with van der Waals surface area (Å²) in [7, 11) is 0. The summed E-state index contributed by atoms with van der Waals surface area (Å²) >= 11 is 0. The van der Waals surface area contributed by atoms with Crippen LogP contribution in [0.5, 0.6) is 0 Å². The molecule has 13 heavy (non-hydrogen) atoms. The molecular formula is C11H16O2. The zero-order valence-electron chi connectivity index (χ0n) is 8.14. The monoisotopic (exact) mass is 180 g/mol. The molecule has 0 spiro atoms. The van der Waals surface area contributed by atoms with E-state index in [0.29, 0.717) is 12.8 Å². The average Bonchev–Trinajstić information content (AvgIpc) is 2.08. The fraction of sp³-hybridized carbons (Fsp3) is 0.636. The molecule has 0 aromatic rings. The summed E-state index contributed by atoms with van der Waals surface area (Å²) in [6.07, 6.45) is 6.98. The number of hydrogen-bond acceptors (Lipinski definition) is 2. The number of carbonyl (C=O) groups is 2. The summed E-state index contributed by atoms with van der Waals surface area (Å²) in [6, 6.07) is 0. The summed E-state index contributed by atoms with van der Waals surface area (Å²) in [5.74, 6) is 0.499. The fourth-order valence-corrected chi connectivity index (χ4v) is 1.58. The van der Waals surface area contributed by atoms with Gasteiger partial charge in [-0.25, -0.2) is 0 Å². The highest BCUT2D eigenvalue weighted by molar-refractivity contribution is 5.95. The van der Waals surface area contributed by atoms with Crippen molar-refractivity contribution in [2.75, 3.05) is 0 Å². The van der Waals surface area contributed by atoms with E-state index in [1.165, 1.54) is 0 Å². The van der Waals surface area contributed by atoms with Crippen LogP contribution in [-0.2, 0) is 9.59 Å². The Bertz CT molecular complexity index is 238. The minimum Gasteiger partial charge on any atom is -0.300 e. The summed E-state index contributed by atoms with van der Waals surface area (Å²) in [5, 5.41) is 0. The van der Waals surface area contributed by atoms with Crippen LogP contribution in [0, 0.1) is 0 Å². The SMILES string of the molecule is CC(=O)CCCC1=CCCCC1=O. The molecule has 0 radical (unpaired) electrons. The molecule has 0 aromatic carbocycles. The summed E-state index contributed by atoms with van der Waals surface area (Å²) < 4.78 is 0. The Morgan fingerprint density at radius 3 is 2.92 bits per heavy atom. The molecule has 1 aliphatic carbocycles. The van der Waals surface area contributed by atoms with Gasteiger partial charge in [0.15, 0.2) is 5.78 Å². The molecule has 0 N–H and O–H groups in total. The van der Waals surface area contributed by atoms with E-state index in [9.17, 15) is 9.59 Å². The molecule has 0 fully saturated rings. The first-order valence-electron chi connectivity index (χ1n) is 4.92. The van der Waals surface area contributed by atoms with Crippen molar-refractivity contribution in [3.63, 3.8) is 0 Å². The Kier molecular flexibility index (Phi) is 3.87. The molecular weight excluding hydrogens is 164 g/mol. The van der Waals surface area contributed by atoms with Crippen LogP contribution < -0.4 is 0 Å². The van der Waals surface area contributed by atoms with Crippen LogP contribution in [0.15, 0.2) is 11.6 Å². The van der Waals surface area contributed by atoms with Gasteiger partial charge in [0.25, 0.3) is 0 Å². The Morgan fingerprint density at radius 1 is 1.54 bits per heavy atom. The molecule has 2 heteroatoms. The molecule has 0 amide bonds. The molecule has 0 saturated carbocycles. The van der Waals surface area contributed by atoms with Crippen LogP contribution in [0.3, 0.4) is 0 Å². The fourth-order valence-electron chi connectivity index (χ4n) is 1.58. The van der Waals surface area contributed by atoms with Crippen molar-refractivity contribution < 1.29 is 9.59 Å². The van der Waals surface area contributed by atoms with E-state index in [-0.39, 0.29) is 11.6 Å². The third-order valence-corrected chi connectivity index (χ3v) is 2.33. The second-order valence-corrected chi connectivity index (χ2v) is 3.60. The highest BCUT2D eigenvalue weighted by Gasteiger charge is 2.12. The number of rotatable bonds is 4. The average molecular weight is 180 g/mol. The van der Waals surface area contributed by atoms with E-state index < -0.39 is 0 Å². The van der Waals surface area contributed by atoms with Crippen LogP contribution in [0.2, 0.25) is 0 Å². The minimum absolute atomic E-state index is 0.212. The molecule has 0 atom stereocenters. The van der Waals surface area contributed by atoms with Crippen molar-refractivity contribution in [2.45, 2.75) is 45.4 Å². The molecule has 0 aliphatic heterocycles. The molecule has 1 rings (SSSR count). The Labute approximate surface area is 79.0 Å². The van der Waals surface area contributed by atoms with Gasteiger partial charge in [-0.2, -0.15) is 0 Å². The molecule has 0 heterocycles. The van der Waals surface area contributed by atoms with Gasteiger partial charge >= 0.3 is 0 Å². The Morgan fingerprint density at radius 2 is 2.31 bits per heavy atom. The first-order chi connectivity index (χ1) is 6.20. The molecule has 72 valence electrons.